The summed E-state index contributed by atoms with van der Waals surface area (Å²) in [5.74, 6) is -1.05. The summed E-state index contributed by atoms with van der Waals surface area (Å²) in [5, 5.41) is 22.0. The summed E-state index contributed by atoms with van der Waals surface area (Å²) >= 11 is 0.674. The van der Waals surface area contributed by atoms with Crippen molar-refractivity contribution in [1.29, 1.82) is 0 Å². The molecule has 1 aromatic carbocycles. The van der Waals surface area contributed by atoms with Crippen LogP contribution in [0.15, 0.2) is 12.1 Å². The van der Waals surface area contributed by atoms with Crippen LogP contribution in [-0.2, 0) is 9.53 Å². The minimum atomic E-state index is -1.79. The number of hydrogen-bond acceptors (Lipinski definition) is 9. The van der Waals surface area contributed by atoms with Gasteiger partial charge in [-0.2, -0.15) is 8.75 Å². The first kappa shape index (κ1) is 18.4. The van der Waals surface area contributed by atoms with Crippen molar-refractivity contribution in [3.8, 4) is 0 Å². The van der Waals surface area contributed by atoms with Crippen LogP contribution in [0.5, 0.6) is 0 Å². The Hall–Kier alpha value is -1.69. The molecule has 0 aliphatic carbocycles. The normalized spacial score (nSPS) is 11.5. The number of fused-ring (bicyclic) bond motifs is 1. The second-order valence-corrected chi connectivity index (χ2v) is 4.36. The topological polar surface area (TPSA) is 138 Å². The van der Waals surface area contributed by atoms with E-state index in [1.807, 2.05) is 0 Å². The summed E-state index contributed by atoms with van der Waals surface area (Å²) in [7, 11) is 0. The van der Waals surface area contributed by atoms with Gasteiger partial charge in [-0.15, -0.1) is 0 Å². The van der Waals surface area contributed by atoms with Gasteiger partial charge in [-0.25, -0.2) is 4.79 Å². The third-order valence-electron chi connectivity index (χ3n) is 2.64. The number of aromatic nitrogens is 2. The van der Waals surface area contributed by atoms with Crippen LogP contribution in [0.4, 0.5) is 5.69 Å². The molecule has 1 heterocycles. The van der Waals surface area contributed by atoms with E-state index in [0.717, 1.165) is 12.1 Å². The van der Waals surface area contributed by atoms with Crippen molar-refractivity contribution in [3.63, 3.8) is 0 Å². The van der Waals surface area contributed by atoms with Crippen molar-refractivity contribution in [2.75, 3.05) is 6.61 Å². The molecule has 0 aliphatic heterocycles. The summed E-state index contributed by atoms with van der Waals surface area (Å²) in [6.07, 6.45) is 0. The van der Waals surface area contributed by atoms with Crippen LogP contribution in [-0.4, -0.2) is 60.7 Å². The van der Waals surface area contributed by atoms with Gasteiger partial charge in [0.15, 0.2) is 5.52 Å². The van der Waals surface area contributed by atoms with E-state index in [0.29, 0.717) is 11.7 Å². The maximum absolute atomic E-state index is 11.7. The molecule has 0 saturated heterocycles. The Morgan fingerprint density at radius 3 is 2.50 bits per heavy atom. The minimum Gasteiger partial charge on any atom is -0.461 e. The second kappa shape index (κ2) is 7.54. The number of nitro groups is 2. The van der Waals surface area contributed by atoms with Crippen molar-refractivity contribution in [2.24, 2.45) is 0 Å². The van der Waals surface area contributed by atoms with E-state index in [9.17, 15) is 25.0 Å². The van der Waals surface area contributed by atoms with E-state index in [1.54, 1.807) is 0 Å². The van der Waals surface area contributed by atoms with Gasteiger partial charge in [-0.3, -0.25) is 20.2 Å². The molecule has 0 bridgehead atoms. The average Bonchev–Trinajstić information content (AvgIpc) is 2.87. The predicted molar refractivity (Wildman–Crippen MR) is 76.2 cm³/mol. The fourth-order valence-corrected chi connectivity index (χ4v) is 2.36. The number of benzene rings is 1. The van der Waals surface area contributed by atoms with Crippen LogP contribution in [0, 0.1) is 20.2 Å². The summed E-state index contributed by atoms with van der Waals surface area (Å²) in [6.45, 7) is 1.50. The quantitative estimate of drug-likeness (QED) is 0.342. The SMILES string of the molecule is CCOC(=O)C(c1ccc([N+](=O)[O-])c2nsnc12)[N+](=O)[O-].[Na]. The average molecular weight is 335 g/mol. The Kier molecular flexibility index (Phi) is 6.29. The van der Waals surface area contributed by atoms with E-state index >= 15 is 0 Å². The molecular weight excluding hydrogens is 327 g/mol. The number of carbonyl (C=O) groups is 1. The van der Waals surface area contributed by atoms with Gasteiger partial charge in [0.25, 0.3) is 5.69 Å². The number of non-ortho nitro benzene ring substituents is 1. The molecule has 2 aromatic rings. The zero-order valence-corrected chi connectivity index (χ0v) is 14.4. The molecule has 2 rings (SSSR count). The molecule has 0 aliphatic rings. The summed E-state index contributed by atoms with van der Waals surface area (Å²) in [6, 6.07) is 0.401. The monoisotopic (exact) mass is 335 g/mol. The number of esters is 1. The van der Waals surface area contributed by atoms with Crippen molar-refractivity contribution in [3.05, 3.63) is 37.9 Å². The molecule has 0 spiro atoms. The number of carbonyl (C=O) groups excluding carboxylic acids is 1. The smallest absolute Gasteiger partial charge is 0.386 e. The predicted octanol–water partition coefficient (Wildman–Crippen LogP) is 1.10. The molecule has 1 radical (unpaired) electrons. The Labute approximate surface area is 149 Å². The van der Waals surface area contributed by atoms with Gasteiger partial charge in [0.1, 0.15) is 5.52 Å². The van der Waals surface area contributed by atoms with Gasteiger partial charge in [-0.05, 0) is 13.0 Å². The van der Waals surface area contributed by atoms with Gasteiger partial charge < -0.3 is 4.74 Å². The summed E-state index contributed by atoms with van der Waals surface area (Å²) in [4.78, 5) is 32.2. The molecule has 111 valence electrons. The van der Waals surface area contributed by atoms with E-state index in [-0.39, 0.29) is 58.4 Å². The maximum atomic E-state index is 11.7. The number of ether oxygens (including phenoxy) is 1. The number of rotatable bonds is 5. The van der Waals surface area contributed by atoms with Crippen LogP contribution in [0.25, 0.3) is 11.0 Å². The molecule has 12 heteroatoms. The molecular formula is C10H8N4NaO6S. The van der Waals surface area contributed by atoms with E-state index < -0.39 is 21.9 Å². The zero-order valence-electron chi connectivity index (χ0n) is 11.6. The Morgan fingerprint density at radius 1 is 1.32 bits per heavy atom. The van der Waals surface area contributed by atoms with E-state index in [4.69, 9.17) is 0 Å². The molecule has 1 aromatic heterocycles. The molecule has 0 amide bonds. The number of nitrogens with zero attached hydrogens (tertiary/aromatic N) is 4. The summed E-state index contributed by atoms with van der Waals surface area (Å²) < 4.78 is 12.2. The molecule has 1 atom stereocenters. The second-order valence-electron chi connectivity index (χ2n) is 3.83. The van der Waals surface area contributed by atoms with Gasteiger partial charge in [0, 0.05) is 40.5 Å². The largest absolute Gasteiger partial charge is 0.461 e. The fraction of sp³-hybridized carbons (Fsp3) is 0.300. The number of hydrogen-bond donors (Lipinski definition) is 0. The molecule has 1 unspecified atom stereocenters. The minimum absolute atomic E-state index is 0. The van der Waals surface area contributed by atoms with Crippen molar-refractivity contribution < 1.29 is 19.4 Å². The number of nitro benzene ring substituents is 1. The maximum Gasteiger partial charge on any atom is 0.386 e. The van der Waals surface area contributed by atoms with Crippen molar-refractivity contribution >= 4 is 64.0 Å². The zero-order chi connectivity index (χ0) is 15.6. The molecule has 22 heavy (non-hydrogen) atoms. The first-order valence-electron chi connectivity index (χ1n) is 5.67. The van der Waals surface area contributed by atoms with Crippen molar-refractivity contribution in [2.45, 2.75) is 13.0 Å². The summed E-state index contributed by atoms with van der Waals surface area (Å²) in [5.41, 5.74) is -0.524. The third kappa shape index (κ3) is 3.38. The van der Waals surface area contributed by atoms with Gasteiger partial charge in [-0.1, -0.05) is 0 Å². The molecule has 0 fully saturated rings. The van der Waals surface area contributed by atoms with Gasteiger partial charge >= 0.3 is 12.0 Å². The first-order chi connectivity index (χ1) is 9.97. The third-order valence-corrected chi connectivity index (χ3v) is 3.17. The van der Waals surface area contributed by atoms with Crippen LogP contribution in [0.1, 0.15) is 18.5 Å². The van der Waals surface area contributed by atoms with E-state index in [2.05, 4.69) is 13.5 Å². The standard InChI is InChI=1S/C10H8N4O6S.Na/c1-2-20-10(15)9(14(18)19)5-3-4-6(13(16)17)8-7(5)11-21-12-8;/h3-4,9H,2H2,1H3;. The van der Waals surface area contributed by atoms with Gasteiger partial charge in [0.2, 0.25) is 0 Å². The first-order valence-corrected chi connectivity index (χ1v) is 6.40. The van der Waals surface area contributed by atoms with Crippen LogP contribution >= 0.6 is 11.7 Å². The molecule has 10 nitrogen and oxygen atoms in total. The van der Waals surface area contributed by atoms with E-state index in [1.165, 1.54) is 6.92 Å². The molecule has 0 N–H and O–H groups in total. The van der Waals surface area contributed by atoms with Crippen molar-refractivity contribution in [1.82, 2.24) is 8.75 Å². The van der Waals surface area contributed by atoms with Crippen LogP contribution < -0.4 is 0 Å². The Balaban J connectivity index is 0.00000242. The Bertz CT molecular complexity index is 735. The van der Waals surface area contributed by atoms with Crippen LogP contribution in [0.2, 0.25) is 0 Å². The van der Waals surface area contributed by atoms with Crippen LogP contribution in [0.3, 0.4) is 0 Å². The molecule has 0 saturated carbocycles. The van der Waals surface area contributed by atoms with Gasteiger partial charge in [0.05, 0.1) is 28.8 Å². The Morgan fingerprint density at radius 2 is 1.95 bits per heavy atom. The fourth-order valence-electron chi connectivity index (χ4n) is 1.79.